The third-order valence-corrected chi connectivity index (χ3v) is 17.6. The molecule has 1 aliphatic heterocycles. The number of unbranched alkanes of at least 4 members (excludes halogenated alkanes) is 1. The topological polar surface area (TPSA) is 455 Å². The SMILES string of the molecule is CC(=O)Nc1ccc(C[C@@H](NC(=O)[C@H](CCNC(N)=O)NC(=O)[C@H](CO)NC(=O)[C@@H](Cc2cccnc2)NC(=O)[C@@H](Cc2ccc(Cl)cc2)NC(=O)[C@@H](Cc2ccc3ccccc3c2)NC(C)=O)C(=O)N[C@@H](CC(C)C)C(=O)N[C@@H](CCCCNC(C)C)C(=O)N2CCC[C@H]2C(=O)N[C@H](C)C(N)=O)cc1. The van der Waals surface area contributed by atoms with Gasteiger partial charge in [0.2, 0.25) is 70.9 Å². The van der Waals surface area contributed by atoms with E-state index in [-0.39, 0.29) is 75.9 Å². The molecule has 566 valence electrons. The van der Waals surface area contributed by atoms with Crippen molar-refractivity contribution in [1.82, 2.24) is 68.4 Å². The minimum atomic E-state index is -1.87. The van der Waals surface area contributed by atoms with Crippen molar-refractivity contribution >= 4 is 105 Å². The van der Waals surface area contributed by atoms with E-state index in [9.17, 15) is 62.6 Å². The van der Waals surface area contributed by atoms with Crippen LogP contribution in [0, 0.1) is 5.92 Å². The molecule has 6 rings (SSSR count). The van der Waals surface area contributed by atoms with E-state index in [0.717, 1.165) is 10.8 Å². The van der Waals surface area contributed by atoms with E-state index in [2.05, 4.69) is 68.8 Å². The second-order valence-corrected chi connectivity index (χ2v) is 27.3. The van der Waals surface area contributed by atoms with Gasteiger partial charge in [0.05, 0.1) is 6.61 Å². The molecule has 2 heterocycles. The van der Waals surface area contributed by atoms with Gasteiger partial charge in [0.25, 0.3) is 0 Å². The first-order valence-corrected chi connectivity index (χ1v) is 35.5. The number of nitrogens with one attached hydrogen (secondary N) is 12. The third-order valence-electron chi connectivity index (χ3n) is 17.3. The first kappa shape index (κ1) is 83.4. The van der Waals surface area contributed by atoms with E-state index < -0.39 is 144 Å². The second-order valence-electron chi connectivity index (χ2n) is 26.9. The molecule has 30 nitrogen and oxygen atoms in total. The molecule has 0 spiro atoms. The molecule has 1 aromatic heterocycles. The summed E-state index contributed by atoms with van der Waals surface area (Å²) in [5, 5.41) is 45.4. The van der Waals surface area contributed by atoms with Crippen LogP contribution in [-0.2, 0) is 83.2 Å². The van der Waals surface area contributed by atoms with Crippen molar-refractivity contribution in [3.05, 3.63) is 143 Å². The Kier molecular flexibility index (Phi) is 33.1. The molecule has 0 aliphatic carbocycles. The van der Waals surface area contributed by atoms with Crippen molar-refractivity contribution < 1.29 is 67.4 Å². The summed E-state index contributed by atoms with van der Waals surface area (Å²) in [6.45, 7) is 10.8. The third kappa shape index (κ3) is 27.8. The van der Waals surface area contributed by atoms with Crippen LogP contribution in [0.25, 0.3) is 10.8 Å². The highest BCUT2D eigenvalue weighted by molar-refractivity contribution is 6.30. The van der Waals surface area contributed by atoms with E-state index in [1.165, 1.54) is 38.1 Å². The van der Waals surface area contributed by atoms with Crippen LogP contribution in [-0.4, -0.2) is 185 Å². The number of pyridine rings is 1. The summed E-state index contributed by atoms with van der Waals surface area (Å²) < 4.78 is 0. The highest BCUT2D eigenvalue weighted by atomic mass is 35.5. The molecule has 0 unspecified atom stereocenters. The Balaban J connectivity index is 1.27. The summed E-state index contributed by atoms with van der Waals surface area (Å²) in [6, 6.07) is 14.4. The summed E-state index contributed by atoms with van der Waals surface area (Å²) in [4.78, 5) is 185. The van der Waals surface area contributed by atoms with E-state index in [0.29, 0.717) is 58.8 Å². The van der Waals surface area contributed by atoms with Crippen LogP contribution in [0.4, 0.5) is 10.5 Å². The van der Waals surface area contributed by atoms with Gasteiger partial charge in [-0.1, -0.05) is 112 Å². The average Bonchev–Trinajstić information content (AvgIpc) is 1.81. The standard InChI is InChI=1S/C74H99ClN16O14/c1-42(2)34-57(66(97)85-56(17-10-11-31-79-43(3)4)73(104)91-33-13-18-63(91)72(103)81-44(5)64(76)95)86-68(99)59(37-48-22-27-54(28-23-48)82-45(6)93)87-65(96)55(29-32-80-74(77)105)84-71(102)62(41-92)90-70(101)61(39-50-14-12-30-78-40-50)89-69(100)60(36-47-20-25-53(75)26-21-47)88-67(98)58(83-46(7)94)38-49-19-24-51-15-8-9-16-52(51)35-49/h8-9,12,14-16,19-28,30,35,40,42-44,55-63,79,92H,10-11,13,17-18,29,31-34,36-39,41H2,1-7H3,(H2,76,95)(H,81,103)(H,82,93)(H,83,94)(H,84,102)(H,85,97)(H,86,99)(H,87,96)(H,88,98)(H,89,100)(H,90,101)(H3,77,80,105)/t44-,55+,56+,57+,58-,59-,60-,61-,62+,63+/m1/s1. The minimum absolute atomic E-state index is 0.00929. The average molecular weight is 1470 g/mol. The van der Waals surface area contributed by atoms with Crippen LogP contribution in [0.5, 0.6) is 0 Å². The summed E-state index contributed by atoms with van der Waals surface area (Å²) in [6.07, 6.45) is 3.74. The van der Waals surface area contributed by atoms with Crippen molar-refractivity contribution in [3.63, 3.8) is 0 Å². The molecule has 0 radical (unpaired) electrons. The predicted molar refractivity (Wildman–Crippen MR) is 394 cm³/mol. The number of hydrogen-bond acceptors (Lipinski definition) is 16. The lowest BCUT2D eigenvalue weighted by molar-refractivity contribution is -0.142. The quantitative estimate of drug-likeness (QED) is 0.0246. The maximum Gasteiger partial charge on any atom is 0.312 e. The van der Waals surface area contributed by atoms with Crippen LogP contribution in [0.1, 0.15) is 116 Å². The molecule has 4 aromatic carbocycles. The molecule has 1 fully saturated rings. The lowest BCUT2D eigenvalue weighted by atomic mass is 9.99. The molecule has 1 saturated heterocycles. The van der Waals surface area contributed by atoms with Gasteiger partial charge < -0.3 is 85.3 Å². The number of rotatable bonds is 40. The van der Waals surface area contributed by atoms with Gasteiger partial charge in [0.15, 0.2) is 0 Å². The smallest absolute Gasteiger partial charge is 0.312 e. The number of urea groups is 1. The number of nitrogens with two attached hydrogens (primary N) is 2. The molecular formula is C74H99ClN16O14. The van der Waals surface area contributed by atoms with Gasteiger partial charge in [-0.05, 0) is 128 Å². The highest BCUT2D eigenvalue weighted by Crippen LogP contribution is 2.23. The van der Waals surface area contributed by atoms with E-state index >= 15 is 4.79 Å². The number of nitrogens with zero attached hydrogens (tertiary/aromatic N) is 2. The van der Waals surface area contributed by atoms with Gasteiger partial charge in [-0.25, -0.2) is 4.79 Å². The fraction of sp³-hybridized carbons (Fsp3) is 0.459. The molecule has 0 saturated carbocycles. The Morgan fingerprint density at radius 3 is 1.60 bits per heavy atom. The Morgan fingerprint density at radius 2 is 1.05 bits per heavy atom. The number of amides is 14. The fourth-order valence-electron chi connectivity index (χ4n) is 11.9. The van der Waals surface area contributed by atoms with Crippen molar-refractivity contribution in [2.24, 2.45) is 17.4 Å². The predicted octanol–water partition coefficient (Wildman–Crippen LogP) is 1.26. The monoisotopic (exact) mass is 1470 g/mol. The van der Waals surface area contributed by atoms with Crippen molar-refractivity contribution in [2.75, 3.05) is 31.6 Å². The summed E-state index contributed by atoms with van der Waals surface area (Å²) in [5.41, 5.74) is 13.3. The number of anilines is 1. The first-order chi connectivity index (χ1) is 50.0. The number of carbonyl (C=O) groups excluding carboxylic acids is 13. The maximum absolute atomic E-state index is 15.0. The molecule has 0 bridgehead atoms. The molecule has 31 heteroatoms. The van der Waals surface area contributed by atoms with Crippen LogP contribution in [0.15, 0.2) is 116 Å². The Bertz CT molecular complexity index is 3830. The van der Waals surface area contributed by atoms with Crippen LogP contribution < -0.4 is 75.3 Å². The van der Waals surface area contributed by atoms with E-state index in [1.54, 1.807) is 74.5 Å². The van der Waals surface area contributed by atoms with Crippen LogP contribution in [0.2, 0.25) is 5.02 Å². The number of aliphatic hydroxyl groups excluding tert-OH is 1. The van der Waals surface area contributed by atoms with E-state index in [1.807, 2.05) is 56.3 Å². The number of primary amides is 2. The zero-order chi connectivity index (χ0) is 76.9. The van der Waals surface area contributed by atoms with Crippen molar-refractivity contribution in [2.45, 2.75) is 186 Å². The number of likely N-dealkylation sites (tertiary alicyclic amines) is 1. The zero-order valence-corrected chi connectivity index (χ0v) is 60.9. The Hall–Kier alpha value is -10.6. The molecule has 10 atom stereocenters. The number of aromatic nitrogens is 1. The lowest BCUT2D eigenvalue weighted by Crippen LogP contribution is -2.62. The minimum Gasteiger partial charge on any atom is -0.394 e. The number of hydrogen-bond donors (Lipinski definition) is 15. The Morgan fingerprint density at radius 1 is 0.533 bits per heavy atom. The zero-order valence-electron chi connectivity index (χ0n) is 60.2. The van der Waals surface area contributed by atoms with Crippen molar-refractivity contribution in [1.29, 1.82) is 0 Å². The van der Waals surface area contributed by atoms with E-state index in [4.69, 9.17) is 23.1 Å². The molecular weight excluding hydrogens is 1370 g/mol. The summed E-state index contributed by atoms with van der Waals surface area (Å²) >= 11 is 6.23. The van der Waals surface area contributed by atoms with Gasteiger partial charge in [-0.2, -0.15) is 0 Å². The van der Waals surface area contributed by atoms with Gasteiger partial charge in [0.1, 0.15) is 60.4 Å². The molecule has 14 amide bonds. The molecule has 105 heavy (non-hydrogen) atoms. The van der Waals surface area contributed by atoms with Gasteiger partial charge in [0, 0.05) is 81.8 Å². The summed E-state index contributed by atoms with van der Waals surface area (Å²) in [5.74, 6) is -9.64. The largest absolute Gasteiger partial charge is 0.394 e. The fourth-order valence-corrected chi connectivity index (χ4v) is 12.0. The Labute approximate surface area is 615 Å². The number of fused-ring (bicyclic) bond motifs is 1. The van der Waals surface area contributed by atoms with Gasteiger partial charge >= 0.3 is 6.03 Å². The molecule has 1 aliphatic rings. The van der Waals surface area contributed by atoms with Crippen molar-refractivity contribution in [3.8, 4) is 0 Å². The number of aliphatic hydroxyl groups is 1. The van der Waals surface area contributed by atoms with Gasteiger partial charge in [-0.3, -0.25) is 62.5 Å². The normalized spacial score (nSPS) is 15.2. The van der Waals surface area contributed by atoms with Gasteiger partial charge in [-0.15, -0.1) is 0 Å². The number of carbonyl (C=O) groups is 13. The van der Waals surface area contributed by atoms with Crippen LogP contribution >= 0.6 is 11.6 Å². The highest BCUT2D eigenvalue weighted by Gasteiger charge is 2.40. The number of halogens is 1. The maximum atomic E-state index is 15.0. The molecule has 17 N–H and O–H groups in total. The number of benzene rings is 4. The van der Waals surface area contributed by atoms with Crippen LogP contribution in [0.3, 0.4) is 0 Å². The first-order valence-electron chi connectivity index (χ1n) is 35.1. The second kappa shape index (κ2) is 41.6. The molecule has 5 aromatic rings. The summed E-state index contributed by atoms with van der Waals surface area (Å²) in [7, 11) is 0. The lowest BCUT2D eigenvalue weighted by Gasteiger charge is -2.31.